The summed E-state index contributed by atoms with van der Waals surface area (Å²) < 4.78 is 10.5. The molecule has 0 saturated carbocycles. The number of phenols is 1. The number of ether oxygens (including phenoxy) is 2. The van der Waals surface area contributed by atoms with Crippen LogP contribution >= 0.6 is 0 Å². The Kier molecular flexibility index (Phi) is 3.45. The lowest BCUT2D eigenvalue weighted by Crippen LogP contribution is -1.96. The zero-order valence-corrected chi connectivity index (χ0v) is 9.46. The summed E-state index contributed by atoms with van der Waals surface area (Å²) in [6.45, 7) is 0.293. The Balaban J connectivity index is 2.04. The zero-order chi connectivity index (χ0) is 12.1. The average Bonchev–Trinajstić information content (AvgIpc) is 2.38. The fourth-order valence-electron chi connectivity index (χ4n) is 1.39. The monoisotopic (exact) mass is 231 g/mol. The third-order valence-corrected chi connectivity index (χ3v) is 2.32. The highest BCUT2D eigenvalue weighted by Crippen LogP contribution is 2.24. The minimum Gasteiger partial charge on any atom is -0.507 e. The molecule has 2 rings (SSSR count). The van der Waals surface area contributed by atoms with Crippen molar-refractivity contribution in [1.29, 1.82) is 0 Å². The molecule has 88 valence electrons. The second-order valence-electron chi connectivity index (χ2n) is 3.47. The molecule has 2 aromatic rings. The fraction of sp³-hybridized carbons (Fsp3) is 0.154. The molecule has 0 aliphatic carbocycles. The normalized spacial score (nSPS) is 9.94. The van der Waals surface area contributed by atoms with E-state index in [2.05, 4.69) is 4.98 Å². The number of nitrogens with zero attached hydrogens (tertiary/aromatic N) is 1. The molecule has 1 aromatic heterocycles. The lowest BCUT2D eigenvalue weighted by atomic mass is 10.2. The Bertz CT molecular complexity index is 485. The van der Waals surface area contributed by atoms with Gasteiger partial charge in [-0.15, -0.1) is 0 Å². The van der Waals surface area contributed by atoms with Gasteiger partial charge in [0.15, 0.2) is 0 Å². The number of phenolic OH excluding ortho intramolecular Hbond substituents is 1. The molecule has 0 unspecified atom stereocenters. The summed E-state index contributed by atoms with van der Waals surface area (Å²) in [7, 11) is 1.56. The van der Waals surface area contributed by atoms with Gasteiger partial charge in [-0.25, -0.2) is 0 Å². The number of aromatic hydroxyl groups is 1. The van der Waals surface area contributed by atoms with Crippen molar-refractivity contribution in [3.05, 3.63) is 48.3 Å². The summed E-state index contributed by atoms with van der Waals surface area (Å²) in [6.07, 6.45) is 3.30. The molecule has 0 aliphatic rings. The summed E-state index contributed by atoms with van der Waals surface area (Å²) in [4.78, 5) is 3.94. The van der Waals surface area contributed by atoms with Crippen LogP contribution in [-0.2, 0) is 6.61 Å². The molecule has 0 spiro atoms. The molecule has 1 heterocycles. The van der Waals surface area contributed by atoms with Gasteiger partial charge >= 0.3 is 0 Å². The van der Waals surface area contributed by atoms with E-state index in [1.54, 1.807) is 43.8 Å². The quantitative estimate of drug-likeness (QED) is 0.877. The van der Waals surface area contributed by atoms with Gasteiger partial charge in [0.2, 0.25) is 0 Å². The number of hydrogen-bond acceptors (Lipinski definition) is 4. The molecule has 1 aromatic carbocycles. The van der Waals surface area contributed by atoms with Crippen LogP contribution in [0.15, 0.2) is 42.7 Å². The van der Waals surface area contributed by atoms with Gasteiger partial charge in [0, 0.05) is 17.8 Å². The predicted octanol–water partition coefficient (Wildman–Crippen LogP) is 2.37. The molecule has 0 saturated heterocycles. The van der Waals surface area contributed by atoms with Crippen molar-refractivity contribution in [3.8, 4) is 17.2 Å². The molecule has 0 bridgehead atoms. The highest BCUT2D eigenvalue weighted by molar-refractivity contribution is 5.39. The van der Waals surface area contributed by atoms with Gasteiger partial charge in [-0.1, -0.05) is 0 Å². The Labute approximate surface area is 99.5 Å². The lowest BCUT2D eigenvalue weighted by Gasteiger charge is -2.08. The van der Waals surface area contributed by atoms with Gasteiger partial charge in [-0.3, -0.25) is 4.98 Å². The van der Waals surface area contributed by atoms with E-state index >= 15 is 0 Å². The van der Waals surface area contributed by atoms with E-state index in [1.165, 1.54) is 0 Å². The summed E-state index contributed by atoms with van der Waals surface area (Å²) in [5.41, 5.74) is 0.703. The first-order valence-corrected chi connectivity index (χ1v) is 5.18. The predicted molar refractivity (Wildman–Crippen MR) is 63.2 cm³/mol. The Morgan fingerprint density at radius 2 is 2.12 bits per heavy atom. The SMILES string of the molecule is COc1ccc(COc2cccnc2)c(O)c1. The summed E-state index contributed by atoms with van der Waals surface area (Å²) in [5.74, 6) is 1.45. The standard InChI is InChI=1S/C13H13NO3/c1-16-11-5-4-10(13(15)7-11)9-17-12-3-2-6-14-8-12/h2-8,15H,9H2,1H3. The number of hydrogen-bond donors (Lipinski definition) is 1. The minimum atomic E-state index is 0.160. The maximum absolute atomic E-state index is 9.72. The van der Waals surface area contributed by atoms with Gasteiger partial charge in [0.25, 0.3) is 0 Å². The van der Waals surface area contributed by atoms with Crippen molar-refractivity contribution in [1.82, 2.24) is 4.98 Å². The number of methoxy groups -OCH3 is 1. The van der Waals surface area contributed by atoms with Crippen LogP contribution in [0.5, 0.6) is 17.2 Å². The first kappa shape index (κ1) is 11.3. The first-order valence-electron chi connectivity index (χ1n) is 5.18. The van der Waals surface area contributed by atoms with Crippen LogP contribution in [0.2, 0.25) is 0 Å². The van der Waals surface area contributed by atoms with Crippen molar-refractivity contribution < 1.29 is 14.6 Å². The fourth-order valence-corrected chi connectivity index (χ4v) is 1.39. The van der Waals surface area contributed by atoms with Crippen molar-refractivity contribution in [2.45, 2.75) is 6.61 Å². The number of pyridine rings is 1. The van der Waals surface area contributed by atoms with Crippen LogP contribution in [0.1, 0.15) is 5.56 Å². The van der Waals surface area contributed by atoms with Crippen LogP contribution in [0.3, 0.4) is 0 Å². The maximum Gasteiger partial charge on any atom is 0.138 e. The maximum atomic E-state index is 9.72. The van der Waals surface area contributed by atoms with Crippen LogP contribution in [0.4, 0.5) is 0 Å². The van der Waals surface area contributed by atoms with E-state index < -0.39 is 0 Å². The van der Waals surface area contributed by atoms with Crippen LogP contribution in [-0.4, -0.2) is 17.2 Å². The van der Waals surface area contributed by atoms with E-state index in [0.717, 1.165) is 0 Å². The molecular weight excluding hydrogens is 218 g/mol. The molecule has 0 aliphatic heterocycles. The Morgan fingerprint density at radius 3 is 2.76 bits per heavy atom. The molecule has 1 N–H and O–H groups in total. The highest BCUT2D eigenvalue weighted by Gasteiger charge is 2.03. The van der Waals surface area contributed by atoms with Gasteiger partial charge in [-0.05, 0) is 24.3 Å². The summed E-state index contributed by atoms with van der Waals surface area (Å²) in [6, 6.07) is 8.71. The van der Waals surface area contributed by atoms with E-state index in [0.29, 0.717) is 23.7 Å². The van der Waals surface area contributed by atoms with Crippen LogP contribution in [0.25, 0.3) is 0 Å². The molecule has 4 nitrogen and oxygen atoms in total. The third kappa shape index (κ3) is 2.87. The van der Waals surface area contributed by atoms with Gasteiger partial charge in [-0.2, -0.15) is 0 Å². The average molecular weight is 231 g/mol. The second kappa shape index (κ2) is 5.21. The van der Waals surface area contributed by atoms with Gasteiger partial charge in [0.05, 0.1) is 13.3 Å². The smallest absolute Gasteiger partial charge is 0.138 e. The van der Waals surface area contributed by atoms with Gasteiger partial charge < -0.3 is 14.6 Å². The van der Waals surface area contributed by atoms with Crippen molar-refractivity contribution >= 4 is 0 Å². The third-order valence-electron chi connectivity index (χ3n) is 2.32. The molecule has 0 fully saturated rings. The highest BCUT2D eigenvalue weighted by atomic mass is 16.5. The van der Waals surface area contributed by atoms with E-state index in [4.69, 9.17) is 9.47 Å². The molecule has 0 atom stereocenters. The molecular formula is C13H13NO3. The first-order chi connectivity index (χ1) is 8.29. The van der Waals surface area contributed by atoms with Crippen molar-refractivity contribution in [2.75, 3.05) is 7.11 Å². The zero-order valence-electron chi connectivity index (χ0n) is 9.46. The van der Waals surface area contributed by atoms with E-state index in [-0.39, 0.29) is 5.75 Å². The molecule has 4 heteroatoms. The van der Waals surface area contributed by atoms with E-state index in [1.807, 2.05) is 6.07 Å². The topological polar surface area (TPSA) is 51.6 Å². The molecule has 0 amide bonds. The van der Waals surface area contributed by atoms with Crippen molar-refractivity contribution in [3.63, 3.8) is 0 Å². The van der Waals surface area contributed by atoms with Crippen molar-refractivity contribution in [2.24, 2.45) is 0 Å². The number of aromatic nitrogens is 1. The number of benzene rings is 1. The minimum absolute atomic E-state index is 0.160. The van der Waals surface area contributed by atoms with E-state index in [9.17, 15) is 5.11 Å². The Hall–Kier alpha value is -2.23. The Morgan fingerprint density at radius 1 is 1.24 bits per heavy atom. The largest absolute Gasteiger partial charge is 0.507 e. The van der Waals surface area contributed by atoms with Gasteiger partial charge in [0.1, 0.15) is 23.9 Å². The molecule has 17 heavy (non-hydrogen) atoms. The lowest BCUT2D eigenvalue weighted by molar-refractivity contribution is 0.297. The summed E-state index contributed by atoms with van der Waals surface area (Å²) >= 11 is 0. The molecule has 0 radical (unpaired) electrons. The summed E-state index contributed by atoms with van der Waals surface area (Å²) in [5, 5.41) is 9.72. The second-order valence-corrected chi connectivity index (χ2v) is 3.47. The van der Waals surface area contributed by atoms with Crippen LogP contribution in [0, 0.1) is 0 Å². The number of rotatable bonds is 4. The van der Waals surface area contributed by atoms with Crippen LogP contribution < -0.4 is 9.47 Å².